The Morgan fingerprint density at radius 2 is 1.57 bits per heavy atom. The number of aromatic nitrogens is 1. The van der Waals surface area contributed by atoms with Gasteiger partial charge in [-0.2, -0.15) is 0 Å². The maximum atomic E-state index is 12.1. The molecule has 1 heterocycles. The molecule has 28 heavy (non-hydrogen) atoms. The number of aromatic hydroxyl groups is 1. The molecule has 0 aliphatic rings. The minimum atomic E-state index is -4.70. The maximum Gasteiger partial charge on any atom is 0.573 e. The highest BCUT2D eigenvalue weighted by Crippen LogP contribution is 2.24. The molecule has 0 saturated heterocycles. The molecule has 0 fully saturated rings. The Labute approximate surface area is 162 Å². The van der Waals surface area contributed by atoms with Crippen molar-refractivity contribution in [2.75, 3.05) is 6.61 Å². The fraction of sp³-hybridized carbons (Fsp3) is 0.211. The van der Waals surface area contributed by atoms with E-state index in [0.717, 1.165) is 22.5 Å². The summed E-state index contributed by atoms with van der Waals surface area (Å²) < 4.78 is 45.9. The van der Waals surface area contributed by atoms with Gasteiger partial charge in [-0.1, -0.05) is 35.6 Å². The molecule has 0 amide bonds. The summed E-state index contributed by atoms with van der Waals surface area (Å²) in [6.45, 7) is 0.360. The minimum Gasteiger partial charge on any atom is -0.494 e. The van der Waals surface area contributed by atoms with E-state index in [4.69, 9.17) is 4.74 Å². The Morgan fingerprint density at radius 1 is 0.964 bits per heavy atom. The van der Waals surface area contributed by atoms with Crippen molar-refractivity contribution in [2.24, 2.45) is 0 Å². The summed E-state index contributed by atoms with van der Waals surface area (Å²) in [4.78, 5) is 13.8. The standard InChI is InChI=1S/C19H16F3NO4S/c20-19(21,22)27-15-7-1-12(2-8-15)9-10-26-14-5-3-13(4-6-14)11-16-17(24)23-18(25)28-16/h1-8,24H,9-11H2,(H,23,25). The van der Waals surface area contributed by atoms with Gasteiger partial charge < -0.3 is 14.6 Å². The number of hydrogen-bond acceptors (Lipinski definition) is 5. The molecule has 0 aliphatic heterocycles. The van der Waals surface area contributed by atoms with Crippen molar-refractivity contribution in [3.8, 4) is 17.4 Å². The first-order chi connectivity index (χ1) is 13.3. The largest absolute Gasteiger partial charge is 0.573 e. The highest BCUT2D eigenvalue weighted by atomic mass is 32.1. The van der Waals surface area contributed by atoms with E-state index in [9.17, 15) is 23.1 Å². The highest BCUT2D eigenvalue weighted by Gasteiger charge is 2.30. The molecule has 0 radical (unpaired) electrons. The van der Waals surface area contributed by atoms with Crippen LogP contribution in [0.25, 0.3) is 0 Å². The lowest BCUT2D eigenvalue weighted by Crippen LogP contribution is -2.17. The zero-order chi connectivity index (χ0) is 20.1. The number of benzene rings is 2. The van der Waals surface area contributed by atoms with Crippen LogP contribution in [0.2, 0.25) is 0 Å². The van der Waals surface area contributed by atoms with Crippen molar-refractivity contribution in [1.29, 1.82) is 0 Å². The van der Waals surface area contributed by atoms with Gasteiger partial charge in [-0.25, -0.2) is 0 Å². The quantitative estimate of drug-likeness (QED) is 0.610. The van der Waals surface area contributed by atoms with Crippen LogP contribution < -0.4 is 14.3 Å². The first-order valence-corrected chi connectivity index (χ1v) is 9.07. The number of nitrogens with one attached hydrogen (secondary N) is 1. The van der Waals surface area contributed by atoms with Crippen LogP contribution in [0.3, 0.4) is 0 Å². The van der Waals surface area contributed by atoms with Gasteiger partial charge in [0.2, 0.25) is 5.88 Å². The summed E-state index contributed by atoms with van der Waals surface area (Å²) >= 11 is 0.965. The summed E-state index contributed by atoms with van der Waals surface area (Å²) in [7, 11) is 0. The van der Waals surface area contributed by atoms with Crippen LogP contribution in [0.4, 0.5) is 13.2 Å². The molecule has 3 rings (SSSR count). The van der Waals surface area contributed by atoms with Crippen molar-refractivity contribution >= 4 is 11.3 Å². The fourth-order valence-corrected chi connectivity index (χ4v) is 3.26. The molecule has 0 aliphatic carbocycles. The normalized spacial score (nSPS) is 11.4. The number of ether oxygens (including phenoxy) is 2. The summed E-state index contributed by atoms with van der Waals surface area (Å²) in [5.74, 6) is 0.278. The number of alkyl halides is 3. The van der Waals surface area contributed by atoms with Crippen molar-refractivity contribution in [3.63, 3.8) is 0 Å². The monoisotopic (exact) mass is 411 g/mol. The fourth-order valence-electron chi connectivity index (χ4n) is 2.51. The average molecular weight is 411 g/mol. The van der Waals surface area contributed by atoms with Crippen LogP contribution in [0.1, 0.15) is 16.0 Å². The molecular weight excluding hydrogens is 395 g/mol. The number of hydrogen-bond donors (Lipinski definition) is 2. The molecule has 3 aromatic rings. The van der Waals surface area contributed by atoms with Crippen LogP contribution in [0.5, 0.6) is 17.4 Å². The Hall–Kier alpha value is -2.94. The van der Waals surface area contributed by atoms with E-state index in [1.807, 2.05) is 12.1 Å². The lowest BCUT2D eigenvalue weighted by Gasteiger charge is -2.10. The minimum absolute atomic E-state index is 0.109. The van der Waals surface area contributed by atoms with Crippen molar-refractivity contribution in [3.05, 3.63) is 74.2 Å². The van der Waals surface area contributed by atoms with Crippen molar-refractivity contribution < 1.29 is 27.8 Å². The van der Waals surface area contributed by atoms with Crippen molar-refractivity contribution in [1.82, 2.24) is 4.98 Å². The number of halogens is 3. The van der Waals surface area contributed by atoms with E-state index < -0.39 is 6.36 Å². The predicted octanol–water partition coefficient (Wildman–Crippen LogP) is 4.25. The third-order valence-electron chi connectivity index (χ3n) is 3.80. The Bertz CT molecular complexity index is 963. The molecule has 2 aromatic carbocycles. The second-order valence-corrected chi connectivity index (χ2v) is 6.96. The summed E-state index contributed by atoms with van der Waals surface area (Å²) in [6.07, 6.45) is -3.74. The van der Waals surface area contributed by atoms with Crippen LogP contribution in [0, 0.1) is 0 Å². The summed E-state index contributed by atoms with van der Waals surface area (Å²) in [5, 5.41) is 9.61. The lowest BCUT2D eigenvalue weighted by molar-refractivity contribution is -0.274. The van der Waals surface area contributed by atoms with E-state index in [0.29, 0.717) is 30.1 Å². The number of H-pyrrole nitrogens is 1. The molecule has 0 unspecified atom stereocenters. The first-order valence-electron chi connectivity index (χ1n) is 8.26. The van der Waals surface area contributed by atoms with E-state index in [1.54, 1.807) is 24.3 Å². The zero-order valence-electron chi connectivity index (χ0n) is 14.5. The molecule has 0 atom stereocenters. The van der Waals surface area contributed by atoms with E-state index in [-0.39, 0.29) is 16.5 Å². The van der Waals surface area contributed by atoms with Crippen LogP contribution in [-0.4, -0.2) is 23.1 Å². The van der Waals surface area contributed by atoms with Crippen molar-refractivity contribution in [2.45, 2.75) is 19.2 Å². The van der Waals surface area contributed by atoms with Gasteiger partial charge in [0.25, 0.3) is 0 Å². The Balaban J connectivity index is 1.48. The number of rotatable bonds is 7. The smallest absolute Gasteiger partial charge is 0.494 e. The zero-order valence-corrected chi connectivity index (χ0v) is 15.3. The van der Waals surface area contributed by atoms with Gasteiger partial charge in [-0.05, 0) is 35.4 Å². The van der Waals surface area contributed by atoms with E-state index in [1.165, 1.54) is 12.1 Å². The molecular formula is C19H16F3NO4S. The maximum absolute atomic E-state index is 12.1. The van der Waals surface area contributed by atoms with Crippen LogP contribution in [0.15, 0.2) is 53.3 Å². The van der Waals surface area contributed by atoms with E-state index >= 15 is 0 Å². The van der Waals surface area contributed by atoms with Gasteiger partial charge in [0.15, 0.2) is 0 Å². The first kappa shape index (κ1) is 19.8. The molecule has 0 saturated carbocycles. The predicted molar refractivity (Wildman–Crippen MR) is 98.2 cm³/mol. The van der Waals surface area contributed by atoms with Gasteiger partial charge in [0.1, 0.15) is 11.5 Å². The van der Waals surface area contributed by atoms with Gasteiger partial charge in [-0.15, -0.1) is 13.2 Å². The topological polar surface area (TPSA) is 71.6 Å². The molecule has 1 aromatic heterocycles. The molecule has 148 valence electrons. The second kappa shape index (κ2) is 8.39. The van der Waals surface area contributed by atoms with Gasteiger partial charge in [0.05, 0.1) is 11.5 Å². The third-order valence-corrected chi connectivity index (χ3v) is 4.68. The van der Waals surface area contributed by atoms with E-state index in [2.05, 4.69) is 9.72 Å². The molecule has 9 heteroatoms. The average Bonchev–Trinajstić information content (AvgIpc) is 2.94. The third kappa shape index (κ3) is 5.78. The van der Waals surface area contributed by atoms with Crippen LogP contribution in [-0.2, 0) is 12.8 Å². The second-order valence-electron chi connectivity index (χ2n) is 5.90. The number of aromatic amines is 1. The highest BCUT2D eigenvalue weighted by molar-refractivity contribution is 7.09. The lowest BCUT2D eigenvalue weighted by atomic mass is 10.1. The number of thiazole rings is 1. The van der Waals surface area contributed by atoms with Gasteiger partial charge in [-0.3, -0.25) is 9.78 Å². The Morgan fingerprint density at radius 3 is 2.14 bits per heavy atom. The SMILES string of the molecule is O=c1[nH]c(O)c(Cc2ccc(OCCc3ccc(OC(F)(F)F)cc3)cc2)s1. The molecule has 0 bridgehead atoms. The summed E-state index contributed by atoms with van der Waals surface area (Å²) in [5.41, 5.74) is 1.74. The summed E-state index contributed by atoms with van der Waals surface area (Å²) in [6, 6.07) is 12.9. The molecule has 5 nitrogen and oxygen atoms in total. The van der Waals surface area contributed by atoms with Crippen LogP contribution >= 0.6 is 11.3 Å². The molecule has 0 spiro atoms. The van der Waals surface area contributed by atoms with Gasteiger partial charge >= 0.3 is 11.2 Å². The molecule has 2 N–H and O–H groups in total. The Kier molecular flexibility index (Phi) is 5.93. The van der Waals surface area contributed by atoms with Gasteiger partial charge in [0, 0.05) is 12.8 Å².